The van der Waals surface area contributed by atoms with Crippen molar-refractivity contribution < 1.29 is 0 Å². The molecule has 1 saturated heterocycles. The molecular weight excluding hydrogens is 276 g/mol. The molecule has 3 aromatic heterocycles. The molecule has 0 aliphatic carbocycles. The largest absolute Gasteiger partial charge is 0.353 e. The summed E-state index contributed by atoms with van der Waals surface area (Å²) < 4.78 is 1.91. The fraction of sp³-hybridized carbons (Fsp3) is 0.312. The number of piperazine rings is 1. The molecule has 0 bridgehead atoms. The maximum Gasteiger partial charge on any atom is 0.154 e. The summed E-state index contributed by atoms with van der Waals surface area (Å²) >= 11 is 0. The van der Waals surface area contributed by atoms with E-state index < -0.39 is 0 Å². The molecule has 6 heteroatoms. The second-order valence-corrected chi connectivity index (χ2v) is 5.53. The molecule has 4 rings (SSSR count). The zero-order valence-electron chi connectivity index (χ0n) is 12.6. The Morgan fingerprint density at radius 1 is 0.955 bits per heavy atom. The Balaban J connectivity index is 1.56. The van der Waals surface area contributed by atoms with Crippen molar-refractivity contribution in [3.8, 4) is 0 Å². The highest BCUT2D eigenvalue weighted by molar-refractivity contribution is 5.69. The van der Waals surface area contributed by atoms with Gasteiger partial charge >= 0.3 is 0 Å². The Hall–Kier alpha value is -2.63. The van der Waals surface area contributed by atoms with E-state index in [1.165, 1.54) is 0 Å². The fourth-order valence-electron chi connectivity index (χ4n) is 2.96. The molecule has 0 N–H and O–H groups in total. The summed E-state index contributed by atoms with van der Waals surface area (Å²) in [5, 5.41) is 4.46. The molecule has 0 radical (unpaired) electrons. The van der Waals surface area contributed by atoms with Gasteiger partial charge in [0.05, 0.1) is 5.69 Å². The third-order valence-electron chi connectivity index (χ3n) is 4.04. The van der Waals surface area contributed by atoms with Gasteiger partial charge in [0.1, 0.15) is 11.3 Å². The molecule has 0 amide bonds. The Morgan fingerprint density at radius 2 is 1.77 bits per heavy atom. The number of hydrogen-bond acceptors (Lipinski definition) is 5. The van der Waals surface area contributed by atoms with E-state index in [0.29, 0.717) is 0 Å². The van der Waals surface area contributed by atoms with Crippen LogP contribution in [0.3, 0.4) is 0 Å². The maximum absolute atomic E-state index is 4.57. The Kier molecular flexibility index (Phi) is 3.14. The van der Waals surface area contributed by atoms with Crippen LogP contribution < -0.4 is 9.80 Å². The van der Waals surface area contributed by atoms with Crippen LogP contribution in [0.4, 0.5) is 11.6 Å². The molecule has 6 nitrogen and oxygen atoms in total. The van der Waals surface area contributed by atoms with Crippen LogP contribution in [0, 0.1) is 6.92 Å². The molecule has 1 aliphatic rings. The molecule has 3 aromatic rings. The Labute approximate surface area is 129 Å². The van der Waals surface area contributed by atoms with E-state index in [9.17, 15) is 0 Å². The second-order valence-electron chi connectivity index (χ2n) is 5.53. The van der Waals surface area contributed by atoms with Crippen molar-refractivity contribution in [2.45, 2.75) is 6.92 Å². The van der Waals surface area contributed by atoms with E-state index >= 15 is 0 Å². The topological polar surface area (TPSA) is 49.6 Å². The second kappa shape index (κ2) is 5.29. The quantitative estimate of drug-likeness (QED) is 0.721. The van der Waals surface area contributed by atoms with Gasteiger partial charge in [-0.25, -0.2) is 14.5 Å². The lowest BCUT2D eigenvalue weighted by Crippen LogP contribution is -2.47. The van der Waals surface area contributed by atoms with Crippen LogP contribution in [0.1, 0.15) is 5.69 Å². The lowest BCUT2D eigenvalue weighted by molar-refractivity contribution is 0.642. The van der Waals surface area contributed by atoms with Crippen molar-refractivity contribution in [2.75, 3.05) is 36.0 Å². The molecule has 0 saturated carbocycles. The molecule has 4 heterocycles. The fourth-order valence-corrected chi connectivity index (χ4v) is 2.96. The first-order chi connectivity index (χ1) is 10.8. The molecule has 112 valence electrons. The van der Waals surface area contributed by atoms with Crippen molar-refractivity contribution >= 4 is 17.2 Å². The van der Waals surface area contributed by atoms with Crippen molar-refractivity contribution in [3.05, 3.63) is 48.5 Å². The van der Waals surface area contributed by atoms with E-state index in [1.54, 1.807) is 0 Å². The van der Waals surface area contributed by atoms with Crippen molar-refractivity contribution in [1.29, 1.82) is 0 Å². The summed E-state index contributed by atoms with van der Waals surface area (Å²) in [5.41, 5.74) is 2.09. The van der Waals surface area contributed by atoms with Gasteiger partial charge in [-0.15, -0.1) is 0 Å². The van der Waals surface area contributed by atoms with Gasteiger partial charge in [0.15, 0.2) is 5.82 Å². The monoisotopic (exact) mass is 294 g/mol. The molecular formula is C16H18N6. The summed E-state index contributed by atoms with van der Waals surface area (Å²) in [4.78, 5) is 13.7. The minimum Gasteiger partial charge on any atom is -0.353 e. The van der Waals surface area contributed by atoms with E-state index in [1.807, 2.05) is 42.2 Å². The Morgan fingerprint density at radius 3 is 2.55 bits per heavy atom. The van der Waals surface area contributed by atoms with Gasteiger partial charge in [-0.1, -0.05) is 6.07 Å². The van der Waals surface area contributed by atoms with Crippen molar-refractivity contribution in [3.63, 3.8) is 0 Å². The van der Waals surface area contributed by atoms with Crippen LogP contribution in [-0.4, -0.2) is 45.8 Å². The maximum atomic E-state index is 4.57. The number of fused-ring (bicyclic) bond motifs is 1. The molecule has 22 heavy (non-hydrogen) atoms. The van der Waals surface area contributed by atoms with Crippen molar-refractivity contribution in [2.24, 2.45) is 0 Å². The van der Waals surface area contributed by atoms with E-state index in [4.69, 9.17) is 0 Å². The zero-order chi connectivity index (χ0) is 14.9. The first-order valence-electron chi connectivity index (χ1n) is 7.53. The third kappa shape index (κ3) is 2.26. The molecule has 0 aromatic carbocycles. The van der Waals surface area contributed by atoms with Gasteiger partial charge in [-0.2, -0.15) is 5.10 Å². The molecule has 1 fully saturated rings. The van der Waals surface area contributed by atoms with Crippen LogP contribution >= 0.6 is 0 Å². The number of aromatic nitrogens is 4. The average Bonchev–Trinajstić information content (AvgIpc) is 2.96. The number of pyridine rings is 1. The predicted molar refractivity (Wildman–Crippen MR) is 86.4 cm³/mol. The van der Waals surface area contributed by atoms with Crippen LogP contribution in [0.5, 0.6) is 0 Å². The van der Waals surface area contributed by atoms with E-state index in [2.05, 4.69) is 37.0 Å². The minimum atomic E-state index is 0.938. The number of aryl methyl sites for hydroxylation is 1. The average molecular weight is 294 g/mol. The lowest BCUT2D eigenvalue weighted by Gasteiger charge is -2.36. The van der Waals surface area contributed by atoms with Gasteiger partial charge in [0.2, 0.25) is 0 Å². The summed E-state index contributed by atoms with van der Waals surface area (Å²) in [5.74, 6) is 2.07. The first-order valence-corrected chi connectivity index (χ1v) is 7.53. The zero-order valence-corrected chi connectivity index (χ0v) is 12.6. The molecule has 0 unspecified atom stereocenters. The highest BCUT2D eigenvalue weighted by Crippen LogP contribution is 2.22. The number of nitrogens with zero attached hydrogens (tertiary/aromatic N) is 6. The summed E-state index contributed by atoms with van der Waals surface area (Å²) in [7, 11) is 0. The Bertz CT molecular complexity index is 774. The van der Waals surface area contributed by atoms with Gasteiger partial charge in [-0.05, 0) is 25.1 Å². The number of anilines is 2. The smallest absolute Gasteiger partial charge is 0.154 e. The molecule has 0 atom stereocenters. The van der Waals surface area contributed by atoms with E-state index in [0.717, 1.165) is 49.0 Å². The summed E-state index contributed by atoms with van der Waals surface area (Å²) in [6.07, 6.45) is 5.56. The highest BCUT2D eigenvalue weighted by Gasteiger charge is 2.20. The van der Waals surface area contributed by atoms with Crippen LogP contribution in [0.2, 0.25) is 0 Å². The summed E-state index contributed by atoms with van der Waals surface area (Å²) in [6, 6.07) is 8.14. The highest BCUT2D eigenvalue weighted by atomic mass is 15.3. The predicted octanol–water partition coefficient (Wildman–Crippen LogP) is 1.76. The normalized spacial score (nSPS) is 15.5. The van der Waals surface area contributed by atoms with E-state index in [-0.39, 0.29) is 0 Å². The number of rotatable bonds is 2. The van der Waals surface area contributed by atoms with Gasteiger partial charge in [0, 0.05) is 44.8 Å². The van der Waals surface area contributed by atoms with Crippen LogP contribution in [-0.2, 0) is 0 Å². The first kappa shape index (κ1) is 13.1. The summed E-state index contributed by atoms with van der Waals surface area (Å²) in [6.45, 7) is 5.79. The van der Waals surface area contributed by atoms with Crippen LogP contribution in [0.25, 0.3) is 5.52 Å². The van der Waals surface area contributed by atoms with Gasteiger partial charge in [-0.3, -0.25) is 0 Å². The van der Waals surface area contributed by atoms with Gasteiger partial charge < -0.3 is 9.80 Å². The standard InChI is InChI=1S/C16H18N6/c1-13-12-14-16(18-6-7-22(14)19-13)21-10-8-20(9-11-21)15-4-2-3-5-17-15/h2-7,12H,8-11H2,1H3. The molecule has 1 aliphatic heterocycles. The lowest BCUT2D eigenvalue weighted by atomic mass is 10.3. The van der Waals surface area contributed by atoms with Crippen LogP contribution in [0.15, 0.2) is 42.9 Å². The molecule has 0 spiro atoms. The van der Waals surface area contributed by atoms with Gasteiger partial charge in [0.25, 0.3) is 0 Å². The number of hydrogen-bond donors (Lipinski definition) is 0. The minimum absolute atomic E-state index is 0.938. The third-order valence-corrected chi connectivity index (χ3v) is 4.04. The van der Waals surface area contributed by atoms with Crippen molar-refractivity contribution in [1.82, 2.24) is 19.6 Å². The SMILES string of the molecule is Cc1cc2c(N3CCN(c4ccccn4)CC3)nccn2n1.